The van der Waals surface area contributed by atoms with Crippen LogP contribution in [0.2, 0.25) is 0 Å². The van der Waals surface area contributed by atoms with E-state index in [9.17, 15) is 9.59 Å². The molecule has 2 atom stereocenters. The quantitative estimate of drug-likeness (QED) is 0.775. The monoisotopic (exact) mass is 276 g/mol. The van der Waals surface area contributed by atoms with Crippen LogP contribution in [0.4, 0.5) is 5.69 Å². The number of para-hydroxylation sites is 1. The van der Waals surface area contributed by atoms with Crippen LogP contribution in [0, 0.1) is 0 Å². The molecule has 0 spiro atoms. The molecule has 0 radical (unpaired) electrons. The standard InChI is InChI=1S/C15H21N3O2/c1-3-18(13-7-5-4-6-8-13)15(20)12(2)17-10-9-16-14(19)11-17/h4-8,12H,3,9-11H2,1-2H3,(H,16,19)/p+1/t12-/m1/s1. The molecule has 1 aliphatic rings. The lowest BCUT2D eigenvalue weighted by Crippen LogP contribution is -3.19. The molecule has 0 bridgehead atoms. The highest BCUT2D eigenvalue weighted by Gasteiger charge is 2.32. The summed E-state index contributed by atoms with van der Waals surface area (Å²) in [5.74, 6) is 0.0945. The molecule has 1 aromatic carbocycles. The highest BCUT2D eigenvalue weighted by atomic mass is 16.2. The summed E-state index contributed by atoms with van der Waals surface area (Å²) in [6.07, 6.45) is 0. The van der Waals surface area contributed by atoms with Crippen molar-refractivity contribution in [2.24, 2.45) is 0 Å². The van der Waals surface area contributed by atoms with E-state index >= 15 is 0 Å². The van der Waals surface area contributed by atoms with E-state index in [0.717, 1.165) is 17.1 Å². The number of rotatable bonds is 4. The summed E-state index contributed by atoms with van der Waals surface area (Å²) in [5.41, 5.74) is 0.910. The first-order chi connectivity index (χ1) is 9.63. The van der Waals surface area contributed by atoms with Crippen LogP contribution in [0.1, 0.15) is 13.8 Å². The second-order valence-corrected chi connectivity index (χ2v) is 5.07. The number of piperazine rings is 1. The minimum absolute atomic E-state index is 0.0219. The number of likely N-dealkylation sites (N-methyl/N-ethyl adjacent to an activating group) is 1. The third-order valence-corrected chi connectivity index (χ3v) is 3.79. The van der Waals surface area contributed by atoms with Gasteiger partial charge in [0.1, 0.15) is 0 Å². The Balaban J connectivity index is 2.10. The highest BCUT2D eigenvalue weighted by molar-refractivity contribution is 5.96. The van der Waals surface area contributed by atoms with Gasteiger partial charge in [-0.05, 0) is 26.0 Å². The average Bonchev–Trinajstić information content (AvgIpc) is 2.48. The maximum absolute atomic E-state index is 12.7. The number of carbonyl (C=O) groups is 2. The molecule has 5 nitrogen and oxygen atoms in total. The van der Waals surface area contributed by atoms with E-state index in [0.29, 0.717) is 19.6 Å². The molecule has 1 aromatic rings. The molecule has 0 aromatic heterocycles. The maximum Gasteiger partial charge on any atom is 0.284 e. The van der Waals surface area contributed by atoms with Crippen molar-refractivity contribution in [2.45, 2.75) is 19.9 Å². The number of quaternary nitrogens is 1. The van der Waals surface area contributed by atoms with Gasteiger partial charge in [-0.2, -0.15) is 0 Å². The lowest BCUT2D eigenvalue weighted by atomic mass is 10.2. The van der Waals surface area contributed by atoms with Gasteiger partial charge in [0.2, 0.25) is 0 Å². The second kappa shape index (κ2) is 6.52. The lowest BCUT2D eigenvalue weighted by Gasteiger charge is -2.31. The molecule has 1 heterocycles. The van der Waals surface area contributed by atoms with Crippen LogP contribution in [0.25, 0.3) is 0 Å². The van der Waals surface area contributed by atoms with Crippen molar-refractivity contribution in [2.75, 3.05) is 31.1 Å². The minimum atomic E-state index is -0.207. The molecule has 2 N–H and O–H groups in total. The Bertz CT molecular complexity index is 475. The topological polar surface area (TPSA) is 53.9 Å². The summed E-state index contributed by atoms with van der Waals surface area (Å²) < 4.78 is 0. The first kappa shape index (κ1) is 14.5. The second-order valence-electron chi connectivity index (χ2n) is 5.07. The predicted molar refractivity (Wildman–Crippen MR) is 77.6 cm³/mol. The molecule has 0 aliphatic carbocycles. The van der Waals surface area contributed by atoms with Gasteiger partial charge < -0.3 is 15.1 Å². The highest BCUT2D eigenvalue weighted by Crippen LogP contribution is 2.13. The lowest BCUT2D eigenvalue weighted by molar-refractivity contribution is -0.907. The molecule has 1 unspecified atom stereocenters. The molecule has 1 saturated heterocycles. The number of carbonyl (C=O) groups excluding carboxylic acids is 2. The molecule has 2 amide bonds. The van der Waals surface area contributed by atoms with Crippen LogP contribution in [-0.4, -0.2) is 44.0 Å². The van der Waals surface area contributed by atoms with E-state index in [1.54, 1.807) is 4.90 Å². The number of benzene rings is 1. The van der Waals surface area contributed by atoms with Gasteiger partial charge in [-0.1, -0.05) is 18.2 Å². The van der Waals surface area contributed by atoms with Gasteiger partial charge in [-0.15, -0.1) is 0 Å². The number of amides is 2. The summed E-state index contributed by atoms with van der Waals surface area (Å²) in [5, 5.41) is 2.80. The Morgan fingerprint density at radius 3 is 2.70 bits per heavy atom. The van der Waals surface area contributed by atoms with E-state index in [1.165, 1.54) is 0 Å². The van der Waals surface area contributed by atoms with Crippen LogP contribution in [0.5, 0.6) is 0 Å². The Hall–Kier alpha value is -1.88. The van der Waals surface area contributed by atoms with Crippen molar-refractivity contribution < 1.29 is 14.5 Å². The van der Waals surface area contributed by atoms with Crippen LogP contribution < -0.4 is 15.1 Å². The zero-order valence-corrected chi connectivity index (χ0v) is 12.1. The zero-order valence-electron chi connectivity index (χ0n) is 12.1. The summed E-state index contributed by atoms with van der Waals surface area (Å²) >= 11 is 0. The molecular formula is C15H22N3O2+. The van der Waals surface area contributed by atoms with Crippen LogP contribution in [0.15, 0.2) is 30.3 Å². The third kappa shape index (κ3) is 3.17. The smallest absolute Gasteiger partial charge is 0.284 e. The molecule has 20 heavy (non-hydrogen) atoms. The van der Waals surface area contributed by atoms with Crippen LogP contribution in [0.3, 0.4) is 0 Å². The van der Waals surface area contributed by atoms with Crippen molar-refractivity contribution in [3.05, 3.63) is 30.3 Å². The minimum Gasteiger partial charge on any atom is -0.346 e. The third-order valence-electron chi connectivity index (χ3n) is 3.79. The van der Waals surface area contributed by atoms with Crippen molar-refractivity contribution in [3.63, 3.8) is 0 Å². The number of hydrogen-bond donors (Lipinski definition) is 2. The Morgan fingerprint density at radius 2 is 2.10 bits per heavy atom. The van der Waals surface area contributed by atoms with Crippen molar-refractivity contribution >= 4 is 17.5 Å². The van der Waals surface area contributed by atoms with E-state index in [2.05, 4.69) is 5.32 Å². The van der Waals surface area contributed by atoms with E-state index in [-0.39, 0.29) is 17.9 Å². The van der Waals surface area contributed by atoms with Gasteiger partial charge in [0.05, 0.1) is 13.1 Å². The fraction of sp³-hybridized carbons (Fsp3) is 0.467. The summed E-state index contributed by atoms with van der Waals surface area (Å²) in [7, 11) is 0. The fourth-order valence-electron chi connectivity index (χ4n) is 2.57. The zero-order chi connectivity index (χ0) is 14.5. The maximum atomic E-state index is 12.7. The molecule has 0 saturated carbocycles. The summed E-state index contributed by atoms with van der Waals surface area (Å²) in [6.45, 7) is 6.32. The van der Waals surface area contributed by atoms with Gasteiger partial charge in [0, 0.05) is 12.2 Å². The number of nitrogens with zero attached hydrogens (tertiary/aromatic N) is 1. The number of anilines is 1. The molecular weight excluding hydrogens is 254 g/mol. The summed E-state index contributed by atoms with van der Waals surface area (Å²) in [4.78, 5) is 26.9. The van der Waals surface area contributed by atoms with Crippen molar-refractivity contribution in [1.29, 1.82) is 0 Å². The van der Waals surface area contributed by atoms with Gasteiger partial charge in [0.25, 0.3) is 11.8 Å². The number of hydrogen-bond acceptors (Lipinski definition) is 2. The Labute approximate surface area is 119 Å². The van der Waals surface area contributed by atoms with E-state index in [4.69, 9.17) is 0 Å². The summed E-state index contributed by atoms with van der Waals surface area (Å²) in [6, 6.07) is 9.46. The van der Waals surface area contributed by atoms with Crippen LogP contribution >= 0.6 is 0 Å². The SMILES string of the molecule is CCN(C(=O)[C@@H](C)[NH+]1CCNC(=O)C1)c1ccccc1. The fourth-order valence-corrected chi connectivity index (χ4v) is 2.57. The molecule has 108 valence electrons. The average molecular weight is 276 g/mol. The molecule has 1 fully saturated rings. The molecule has 5 heteroatoms. The Morgan fingerprint density at radius 1 is 1.40 bits per heavy atom. The normalized spacial score (nSPS) is 20.1. The van der Waals surface area contributed by atoms with Crippen molar-refractivity contribution in [3.8, 4) is 0 Å². The molecule has 2 rings (SSSR count). The van der Waals surface area contributed by atoms with Gasteiger partial charge in [-0.3, -0.25) is 9.59 Å². The largest absolute Gasteiger partial charge is 0.346 e. The van der Waals surface area contributed by atoms with Crippen molar-refractivity contribution in [1.82, 2.24) is 5.32 Å². The number of nitrogens with one attached hydrogen (secondary N) is 2. The predicted octanol–water partition coefficient (Wildman–Crippen LogP) is -0.557. The van der Waals surface area contributed by atoms with E-state index in [1.807, 2.05) is 44.2 Å². The van der Waals surface area contributed by atoms with Gasteiger partial charge in [-0.25, -0.2) is 0 Å². The first-order valence-corrected chi connectivity index (χ1v) is 7.11. The first-order valence-electron chi connectivity index (χ1n) is 7.11. The molecule has 1 aliphatic heterocycles. The van der Waals surface area contributed by atoms with Crippen LogP contribution in [-0.2, 0) is 9.59 Å². The van der Waals surface area contributed by atoms with E-state index < -0.39 is 0 Å². The van der Waals surface area contributed by atoms with Gasteiger partial charge in [0.15, 0.2) is 12.6 Å². The van der Waals surface area contributed by atoms with Gasteiger partial charge >= 0.3 is 0 Å². The Kier molecular flexibility index (Phi) is 4.74.